The van der Waals surface area contributed by atoms with Crippen molar-refractivity contribution in [2.75, 3.05) is 7.11 Å². The summed E-state index contributed by atoms with van der Waals surface area (Å²) < 4.78 is 5.93. The lowest BCUT2D eigenvalue weighted by Crippen LogP contribution is -2.51. The van der Waals surface area contributed by atoms with Crippen LogP contribution in [0.1, 0.15) is 51.1 Å². The summed E-state index contributed by atoms with van der Waals surface area (Å²) in [6, 6.07) is 5.28. The van der Waals surface area contributed by atoms with Gasteiger partial charge < -0.3 is 4.74 Å². The Morgan fingerprint density at radius 1 is 1.19 bits per heavy atom. The highest BCUT2D eigenvalue weighted by molar-refractivity contribution is 6.33. The van der Waals surface area contributed by atoms with E-state index in [4.69, 9.17) is 33.8 Å². The minimum atomic E-state index is -0.349. The number of rotatable bonds is 4. The summed E-state index contributed by atoms with van der Waals surface area (Å²) in [6.45, 7) is 4.59. The van der Waals surface area contributed by atoms with Crippen molar-refractivity contribution in [3.8, 4) is 0 Å². The number of halogens is 2. The van der Waals surface area contributed by atoms with Gasteiger partial charge >= 0.3 is 0 Å². The SMILES string of the molecule is COC1(C(NN)c2cc(Cl)ccc2Cl)CCC(C)(C)CC1. The maximum absolute atomic E-state index is 6.35. The van der Waals surface area contributed by atoms with Crippen LogP contribution < -0.4 is 11.3 Å². The van der Waals surface area contributed by atoms with E-state index in [0.29, 0.717) is 15.5 Å². The van der Waals surface area contributed by atoms with Crippen molar-refractivity contribution in [1.29, 1.82) is 0 Å². The molecule has 0 aromatic heterocycles. The first-order valence-corrected chi connectivity index (χ1v) is 8.05. The van der Waals surface area contributed by atoms with Crippen LogP contribution in [-0.4, -0.2) is 12.7 Å². The van der Waals surface area contributed by atoms with Gasteiger partial charge in [-0.1, -0.05) is 37.0 Å². The minimum Gasteiger partial charge on any atom is -0.376 e. The van der Waals surface area contributed by atoms with Crippen molar-refractivity contribution in [3.05, 3.63) is 33.8 Å². The molecule has 3 nitrogen and oxygen atoms in total. The maximum Gasteiger partial charge on any atom is 0.0886 e. The Hall–Kier alpha value is -0.320. The summed E-state index contributed by atoms with van der Waals surface area (Å²) in [7, 11) is 1.75. The largest absolute Gasteiger partial charge is 0.376 e. The molecule has 1 aliphatic carbocycles. The lowest BCUT2D eigenvalue weighted by Gasteiger charge is -2.47. The van der Waals surface area contributed by atoms with Crippen LogP contribution in [0.2, 0.25) is 10.0 Å². The Morgan fingerprint density at radius 3 is 2.33 bits per heavy atom. The van der Waals surface area contributed by atoms with E-state index in [2.05, 4.69) is 19.3 Å². The van der Waals surface area contributed by atoms with E-state index < -0.39 is 0 Å². The van der Waals surface area contributed by atoms with Gasteiger partial charge in [0.1, 0.15) is 0 Å². The summed E-state index contributed by atoms with van der Waals surface area (Å²) in [5.74, 6) is 5.85. The normalized spacial score (nSPS) is 22.0. The topological polar surface area (TPSA) is 47.3 Å². The molecule has 118 valence electrons. The first kappa shape index (κ1) is 17.0. The molecule has 0 spiro atoms. The van der Waals surface area contributed by atoms with E-state index in [1.165, 1.54) is 0 Å². The molecular weight excluding hydrogens is 307 g/mol. The highest BCUT2D eigenvalue weighted by Gasteiger charge is 2.45. The monoisotopic (exact) mass is 330 g/mol. The van der Waals surface area contributed by atoms with Gasteiger partial charge in [-0.15, -0.1) is 0 Å². The number of hydrogen-bond donors (Lipinski definition) is 2. The molecule has 0 heterocycles. The Bertz CT molecular complexity index is 495. The van der Waals surface area contributed by atoms with Crippen LogP contribution in [0.25, 0.3) is 0 Å². The average molecular weight is 331 g/mol. The smallest absolute Gasteiger partial charge is 0.0886 e. The lowest BCUT2D eigenvalue weighted by molar-refractivity contribution is -0.0877. The first-order valence-electron chi connectivity index (χ1n) is 7.30. The molecule has 1 aliphatic rings. The summed E-state index contributed by atoms with van der Waals surface area (Å²) in [5, 5.41) is 1.31. The minimum absolute atomic E-state index is 0.176. The van der Waals surface area contributed by atoms with Gasteiger partial charge in [0.15, 0.2) is 0 Å². The van der Waals surface area contributed by atoms with Crippen molar-refractivity contribution in [1.82, 2.24) is 5.43 Å². The molecule has 3 N–H and O–H groups in total. The predicted octanol–water partition coefficient (Wildman–Crippen LogP) is 4.48. The molecule has 0 radical (unpaired) electrons. The van der Waals surface area contributed by atoms with Gasteiger partial charge in [-0.3, -0.25) is 11.3 Å². The van der Waals surface area contributed by atoms with Crippen molar-refractivity contribution in [2.45, 2.75) is 51.2 Å². The van der Waals surface area contributed by atoms with E-state index in [-0.39, 0.29) is 11.6 Å². The Labute approximate surface area is 137 Å². The quantitative estimate of drug-likeness (QED) is 0.631. The van der Waals surface area contributed by atoms with Gasteiger partial charge in [-0.2, -0.15) is 0 Å². The number of nitrogens with one attached hydrogen (secondary N) is 1. The molecule has 1 fully saturated rings. The van der Waals surface area contributed by atoms with Crippen LogP contribution in [-0.2, 0) is 4.74 Å². The number of hydrazine groups is 1. The van der Waals surface area contributed by atoms with Crippen molar-refractivity contribution in [2.24, 2.45) is 11.3 Å². The second-order valence-electron chi connectivity index (χ2n) is 6.70. The zero-order chi connectivity index (χ0) is 15.7. The van der Waals surface area contributed by atoms with Crippen LogP contribution >= 0.6 is 23.2 Å². The van der Waals surface area contributed by atoms with E-state index in [1.54, 1.807) is 19.2 Å². The van der Waals surface area contributed by atoms with Gasteiger partial charge in [0.25, 0.3) is 0 Å². The van der Waals surface area contributed by atoms with Crippen LogP contribution in [0.15, 0.2) is 18.2 Å². The predicted molar refractivity (Wildman–Crippen MR) is 88.5 cm³/mol. The van der Waals surface area contributed by atoms with Gasteiger partial charge in [-0.25, -0.2) is 0 Å². The molecule has 2 rings (SSSR count). The highest BCUT2D eigenvalue weighted by Crippen LogP contribution is 2.48. The fourth-order valence-corrected chi connectivity index (χ4v) is 3.63. The van der Waals surface area contributed by atoms with E-state index in [0.717, 1.165) is 31.2 Å². The summed E-state index contributed by atoms with van der Waals surface area (Å²) >= 11 is 12.5. The first-order chi connectivity index (χ1) is 9.83. The molecule has 1 aromatic carbocycles. The van der Waals surface area contributed by atoms with E-state index >= 15 is 0 Å². The molecule has 1 aromatic rings. The molecule has 5 heteroatoms. The number of nitrogens with two attached hydrogens (primary N) is 1. The second-order valence-corrected chi connectivity index (χ2v) is 7.54. The van der Waals surface area contributed by atoms with Crippen LogP contribution in [0.3, 0.4) is 0 Å². The third-order valence-electron chi connectivity index (χ3n) is 4.82. The molecule has 1 unspecified atom stereocenters. The summed E-state index contributed by atoms with van der Waals surface area (Å²) in [4.78, 5) is 0. The van der Waals surface area contributed by atoms with Crippen LogP contribution in [0.5, 0.6) is 0 Å². The maximum atomic E-state index is 6.35. The Kier molecular flexibility index (Phi) is 5.22. The summed E-state index contributed by atoms with van der Waals surface area (Å²) in [5.41, 5.74) is 3.80. The van der Waals surface area contributed by atoms with Gasteiger partial charge in [-0.05, 0) is 54.9 Å². The molecule has 1 saturated carbocycles. The molecule has 0 saturated heterocycles. The fourth-order valence-electron chi connectivity index (χ4n) is 3.22. The third-order valence-corrected chi connectivity index (χ3v) is 5.40. The number of hydrogen-bond acceptors (Lipinski definition) is 3. The summed E-state index contributed by atoms with van der Waals surface area (Å²) in [6.07, 6.45) is 4.07. The number of methoxy groups -OCH3 is 1. The molecule has 0 amide bonds. The third kappa shape index (κ3) is 3.54. The molecule has 21 heavy (non-hydrogen) atoms. The van der Waals surface area contributed by atoms with Crippen molar-refractivity contribution < 1.29 is 4.74 Å². The van der Waals surface area contributed by atoms with Crippen molar-refractivity contribution >= 4 is 23.2 Å². The molecular formula is C16H24Cl2N2O. The van der Waals surface area contributed by atoms with E-state index in [1.807, 2.05) is 6.07 Å². The molecule has 0 bridgehead atoms. The van der Waals surface area contributed by atoms with Gasteiger partial charge in [0, 0.05) is 17.2 Å². The molecule has 0 aliphatic heterocycles. The lowest BCUT2D eigenvalue weighted by atomic mass is 9.67. The fraction of sp³-hybridized carbons (Fsp3) is 0.625. The Balaban J connectivity index is 2.36. The number of benzene rings is 1. The van der Waals surface area contributed by atoms with Gasteiger partial charge in [0.2, 0.25) is 0 Å². The second kappa shape index (κ2) is 6.43. The Morgan fingerprint density at radius 2 is 1.81 bits per heavy atom. The number of ether oxygens (including phenoxy) is 1. The zero-order valence-corrected chi connectivity index (χ0v) is 14.4. The standard InChI is InChI=1S/C16H24Cl2N2O/c1-15(2)6-8-16(21-3,9-7-15)14(20-19)12-10-11(17)4-5-13(12)18/h4-5,10,14,20H,6-9,19H2,1-3H3. The van der Waals surface area contributed by atoms with E-state index in [9.17, 15) is 0 Å². The molecule has 1 atom stereocenters. The van der Waals surface area contributed by atoms with Crippen LogP contribution in [0.4, 0.5) is 0 Å². The van der Waals surface area contributed by atoms with Crippen LogP contribution in [0, 0.1) is 5.41 Å². The highest BCUT2D eigenvalue weighted by atomic mass is 35.5. The van der Waals surface area contributed by atoms with Gasteiger partial charge in [0.05, 0.1) is 11.6 Å². The van der Waals surface area contributed by atoms with Crippen molar-refractivity contribution in [3.63, 3.8) is 0 Å². The average Bonchev–Trinajstić information content (AvgIpc) is 2.45. The zero-order valence-electron chi connectivity index (χ0n) is 12.9.